The summed E-state index contributed by atoms with van der Waals surface area (Å²) < 4.78 is 96.6. The number of hydrogen-bond acceptors (Lipinski definition) is 5. The molecule has 3 saturated heterocycles. The highest BCUT2D eigenvalue weighted by molar-refractivity contribution is 7.94. The molecule has 1 aromatic heterocycles. The zero-order valence-electron chi connectivity index (χ0n) is 21.7. The number of hydrogen-bond donors (Lipinski definition) is 3. The number of carbonyl (C=O) groups is 3. The number of nitrogens with zero attached hydrogens (tertiary/aromatic N) is 1. The van der Waals surface area contributed by atoms with E-state index in [0.29, 0.717) is 25.3 Å². The van der Waals surface area contributed by atoms with E-state index in [0.717, 1.165) is 23.1 Å². The van der Waals surface area contributed by atoms with Crippen molar-refractivity contribution in [1.29, 1.82) is 0 Å². The Morgan fingerprint density at radius 3 is 2.51 bits per heavy atom. The van der Waals surface area contributed by atoms with Crippen LogP contribution in [0.2, 0.25) is 0 Å². The van der Waals surface area contributed by atoms with Crippen LogP contribution in [0.1, 0.15) is 42.6 Å². The number of amides is 3. The van der Waals surface area contributed by atoms with Crippen LogP contribution in [0.15, 0.2) is 29.4 Å². The molecule has 1 aliphatic carbocycles. The smallest absolute Gasteiger partial charge is 0.271 e. The van der Waals surface area contributed by atoms with Crippen molar-refractivity contribution in [2.45, 2.75) is 56.2 Å². The Bertz CT molecular complexity index is 1520. The van der Waals surface area contributed by atoms with Gasteiger partial charge in [0.25, 0.3) is 11.8 Å². The molecule has 15 heteroatoms. The fraction of sp³-hybridized carbons (Fsp3) is 0.500. The monoisotopic (exact) mass is 602 g/mol. The van der Waals surface area contributed by atoms with Crippen LogP contribution < -0.4 is 10.6 Å². The summed E-state index contributed by atoms with van der Waals surface area (Å²) in [5, 5.41) is 3.14. The van der Waals surface area contributed by atoms with Gasteiger partial charge in [-0.15, -0.1) is 0 Å². The van der Waals surface area contributed by atoms with Crippen molar-refractivity contribution in [1.82, 2.24) is 20.5 Å². The number of alkyl halides is 2. The number of aromatic nitrogens is 1. The number of carbonyl (C=O) groups excluding carboxylic acids is 3. The molecule has 2 aromatic rings. The van der Waals surface area contributed by atoms with Crippen LogP contribution in [0.5, 0.6) is 0 Å². The summed E-state index contributed by atoms with van der Waals surface area (Å²) in [5.41, 5.74) is -0.627. The van der Waals surface area contributed by atoms with Crippen molar-refractivity contribution in [3.05, 3.63) is 46.8 Å². The van der Waals surface area contributed by atoms with Crippen molar-refractivity contribution >= 4 is 38.5 Å². The molecule has 3 amide bonds. The molecule has 4 aliphatic rings. The molecular weight excluding hydrogens is 575 g/mol. The second-order valence-electron chi connectivity index (χ2n) is 10.8. The van der Waals surface area contributed by atoms with Gasteiger partial charge >= 0.3 is 0 Å². The standard InChI is InChI=1S/C26H27F5N4O5S/c1-41(39,40)20(29)9-13(8-12-6-7-32-23(12)36)33-24(37)22-16-3-2-14(11-26(16,30)31)35(22)25(38)19-10-15-17(27)4-5-18(28)21(15)34-19/h4-5,9-10,12-14,16,22,34H,2-3,6-8,11H2,1H3,(H,32,36)(H,33,37)/b20-9+/t12-,13+,14+,16+,22-/m0/s1. The fourth-order valence-corrected chi connectivity index (χ4v) is 6.51. The Morgan fingerprint density at radius 2 is 1.90 bits per heavy atom. The van der Waals surface area contributed by atoms with Gasteiger partial charge in [0.2, 0.25) is 26.8 Å². The van der Waals surface area contributed by atoms with Gasteiger partial charge in [0.15, 0.2) is 0 Å². The van der Waals surface area contributed by atoms with Crippen LogP contribution >= 0.6 is 0 Å². The molecule has 1 saturated carbocycles. The fourth-order valence-electron chi connectivity index (χ4n) is 6.10. The molecule has 4 fully saturated rings. The van der Waals surface area contributed by atoms with Crippen LogP contribution in [0.3, 0.4) is 0 Å². The number of rotatable bonds is 7. The third-order valence-corrected chi connectivity index (χ3v) is 8.92. The number of halogens is 5. The lowest BCUT2D eigenvalue weighted by Gasteiger charge is -2.53. The summed E-state index contributed by atoms with van der Waals surface area (Å²) >= 11 is 0. The van der Waals surface area contributed by atoms with Gasteiger partial charge in [-0.25, -0.2) is 26.0 Å². The van der Waals surface area contributed by atoms with Gasteiger partial charge in [0, 0.05) is 36.6 Å². The Labute approximate surface area is 231 Å². The van der Waals surface area contributed by atoms with Crippen molar-refractivity contribution in [2.24, 2.45) is 11.8 Å². The van der Waals surface area contributed by atoms with E-state index in [1.165, 1.54) is 0 Å². The number of piperidine rings is 2. The van der Waals surface area contributed by atoms with Crippen LogP contribution in [0, 0.1) is 23.5 Å². The molecule has 0 spiro atoms. The van der Waals surface area contributed by atoms with Crippen LogP contribution in [0.4, 0.5) is 22.0 Å². The van der Waals surface area contributed by atoms with Gasteiger partial charge in [0.1, 0.15) is 23.4 Å². The molecule has 9 nitrogen and oxygen atoms in total. The first-order chi connectivity index (χ1) is 19.2. The number of nitrogens with one attached hydrogen (secondary N) is 3. The maximum Gasteiger partial charge on any atom is 0.271 e. The highest BCUT2D eigenvalue weighted by Crippen LogP contribution is 2.49. The van der Waals surface area contributed by atoms with E-state index in [4.69, 9.17) is 0 Å². The van der Waals surface area contributed by atoms with Gasteiger partial charge < -0.3 is 20.5 Å². The maximum atomic E-state index is 15.1. The maximum absolute atomic E-state index is 15.1. The average molecular weight is 603 g/mol. The first kappa shape index (κ1) is 29.0. The van der Waals surface area contributed by atoms with E-state index in [9.17, 15) is 36.0 Å². The predicted molar refractivity (Wildman–Crippen MR) is 136 cm³/mol. The lowest BCUT2D eigenvalue weighted by Crippen LogP contribution is -2.68. The Balaban J connectivity index is 1.49. The first-order valence-electron chi connectivity index (χ1n) is 13.0. The SMILES string of the molecule is CS(=O)(=O)/C(F)=C/[C@@H](C[C@@H]1CCNC1=O)NC(=O)[C@@H]1[C@H]2CC[C@H](CC2(F)F)N1C(=O)c1cc2c(F)ccc(F)c2[nH]1. The van der Waals surface area contributed by atoms with Crippen molar-refractivity contribution in [3.63, 3.8) is 0 Å². The normalized spacial score (nSPS) is 26.7. The van der Waals surface area contributed by atoms with Crippen LogP contribution in [0.25, 0.3) is 10.9 Å². The van der Waals surface area contributed by atoms with Gasteiger partial charge in [-0.3, -0.25) is 14.4 Å². The molecule has 1 aromatic carbocycles. The van der Waals surface area contributed by atoms with Crippen molar-refractivity contribution in [3.8, 4) is 0 Å². The van der Waals surface area contributed by atoms with Gasteiger partial charge in [-0.1, -0.05) is 0 Å². The molecule has 3 N–H and O–H groups in total. The number of H-pyrrole nitrogens is 1. The van der Waals surface area contributed by atoms with E-state index >= 15 is 8.78 Å². The Hall–Kier alpha value is -3.49. The van der Waals surface area contributed by atoms with Gasteiger partial charge in [0.05, 0.1) is 17.5 Å². The summed E-state index contributed by atoms with van der Waals surface area (Å²) in [6, 6.07) is -1.48. The van der Waals surface area contributed by atoms with Crippen LogP contribution in [-0.4, -0.2) is 72.9 Å². The molecule has 3 aliphatic heterocycles. The van der Waals surface area contributed by atoms with Gasteiger partial charge in [-0.2, -0.15) is 4.39 Å². The first-order valence-corrected chi connectivity index (χ1v) is 14.9. The number of aromatic amines is 1. The second kappa shape index (κ2) is 10.4. The zero-order chi connectivity index (χ0) is 29.9. The molecule has 41 heavy (non-hydrogen) atoms. The van der Waals surface area contributed by atoms with E-state index in [-0.39, 0.29) is 35.9 Å². The number of benzene rings is 1. The van der Waals surface area contributed by atoms with Gasteiger partial charge in [-0.05, 0) is 50.0 Å². The lowest BCUT2D eigenvalue weighted by molar-refractivity contribution is -0.179. The minimum Gasteiger partial charge on any atom is -0.356 e. The summed E-state index contributed by atoms with van der Waals surface area (Å²) in [7, 11) is -4.32. The summed E-state index contributed by atoms with van der Waals surface area (Å²) in [4.78, 5) is 42.8. The van der Waals surface area contributed by atoms with E-state index < -0.39 is 86.7 Å². The molecule has 4 heterocycles. The molecule has 0 unspecified atom stereocenters. The van der Waals surface area contributed by atoms with Crippen molar-refractivity contribution in [2.75, 3.05) is 12.8 Å². The molecule has 5 atom stereocenters. The minimum absolute atomic E-state index is 0.112. The summed E-state index contributed by atoms with van der Waals surface area (Å²) in [5.74, 6) is -9.77. The number of fused-ring (bicyclic) bond motifs is 4. The summed E-state index contributed by atoms with van der Waals surface area (Å²) in [6.07, 6.45) is 0.618. The Morgan fingerprint density at radius 1 is 1.20 bits per heavy atom. The highest BCUT2D eigenvalue weighted by Gasteiger charge is 2.60. The average Bonchev–Trinajstić information content (AvgIpc) is 3.52. The minimum atomic E-state index is -4.32. The van der Waals surface area contributed by atoms with E-state index in [1.807, 2.05) is 0 Å². The number of sulfone groups is 1. The molecule has 0 radical (unpaired) electrons. The van der Waals surface area contributed by atoms with E-state index in [2.05, 4.69) is 15.6 Å². The molecule has 6 rings (SSSR count). The second-order valence-corrected chi connectivity index (χ2v) is 12.8. The topological polar surface area (TPSA) is 128 Å². The quantitative estimate of drug-likeness (QED) is 0.420. The lowest BCUT2D eigenvalue weighted by atomic mass is 9.71. The molecule has 2 bridgehead atoms. The van der Waals surface area contributed by atoms with Crippen LogP contribution in [-0.2, 0) is 19.4 Å². The third-order valence-electron chi connectivity index (χ3n) is 8.07. The molecular formula is C26H27F5N4O5S. The third kappa shape index (κ3) is 5.43. The highest BCUT2D eigenvalue weighted by atomic mass is 32.2. The van der Waals surface area contributed by atoms with E-state index in [1.54, 1.807) is 0 Å². The zero-order valence-corrected chi connectivity index (χ0v) is 22.5. The van der Waals surface area contributed by atoms with Crippen molar-refractivity contribution < 1.29 is 44.8 Å². The Kier molecular flexibility index (Phi) is 7.37. The largest absolute Gasteiger partial charge is 0.356 e. The molecule has 222 valence electrons. The predicted octanol–water partition coefficient (Wildman–Crippen LogP) is 2.94. The summed E-state index contributed by atoms with van der Waals surface area (Å²) in [6.45, 7) is 0.314.